The molecule has 0 unspecified atom stereocenters. The van der Waals surface area contributed by atoms with E-state index < -0.39 is 0 Å². The highest BCUT2D eigenvalue weighted by Gasteiger charge is 2.19. The smallest absolute Gasteiger partial charge is 0.00360 e. The lowest BCUT2D eigenvalue weighted by Gasteiger charge is -2.25. The van der Waals surface area contributed by atoms with Gasteiger partial charge in [0, 0.05) is 0 Å². The Labute approximate surface area is 82.0 Å². The van der Waals surface area contributed by atoms with Crippen LogP contribution in [0.15, 0.2) is 0 Å². The second-order valence-corrected chi connectivity index (χ2v) is 4.07. The van der Waals surface area contributed by atoms with Gasteiger partial charge in [-0.2, -0.15) is 25.3 Å². The Kier molecular flexibility index (Phi) is 6.64. The van der Waals surface area contributed by atoms with Crippen LogP contribution in [0.3, 0.4) is 0 Å². The number of unbranched alkanes of at least 4 members (excludes halogenated alkanes) is 2. The van der Waals surface area contributed by atoms with E-state index in [-0.39, 0.29) is 0 Å². The molecular formula is C9H19S2. The molecule has 0 aliphatic carbocycles. The van der Waals surface area contributed by atoms with Crippen LogP contribution in [0.4, 0.5) is 0 Å². The molecule has 1 radical (unpaired) electrons. The molecule has 0 saturated carbocycles. The molecule has 0 saturated heterocycles. The molecule has 0 heterocycles. The van der Waals surface area contributed by atoms with Crippen molar-refractivity contribution < 1.29 is 0 Å². The van der Waals surface area contributed by atoms with Crippen LogP contribution in [-0.2, 0) is 0 Å². The van der Waals surface area contributed by atoms with Crippen LogP contribution in [0.5, 0.6) is 0 Å². The number of thiol groups is 2. The Morgan fingerprint density at radius 3 is 2.09 bits per heavy atom. The third-order valence-corrected chi connectivity index (χ3v) is 3.57. The topological polar surface area (TPSA) is 0 Å². The number of rotatable bonds is 6. The summed E-state index contributed by atoms with van der Waals surface area (Å²) in [6.07, 6.45) is 4.78. The first kappa shape index (κ1) is 11.7. The third kappa shape index (κ3) is 5.02. The van der Waals surface area contributed by atoms with Crippen molar-refractivity contribution in [3.05, 3.63) is 6.92 Å². The molecule has 0 nitrogen and oxygen atoms in total. The quantitative estimate of drug-likeness (QED) is 0.467. The van der Waals surface area contributed by atoms with E-state index in [1.165, 1.54) is 19.3 Å². The molecule has 0 aliphatic heterocycles. The SMILES string of the molecule is [CH2]CCCCC(C)(CS)CS. The Morgan fingerprint density at radius 2 is 1.73 bits per heavy atom. The minimum absolute atomic E-state index is 0.335. The summed E-state index contributed by atoms with van der Waals surface area (Å²) in [6, 6.07) is 0. The first-order valence-corrected chi connectivity index (χ1v) is 5.46. The highest BCUT2D eigenvalue weighted by atomic mass is 32.1. The van der Waals surface area contributed by atoms with Crippen LogP contribution in [0, 0.1) is 12.3 Å². The average molecular weight is 191 g/mol. The van der Waals surface area contributed by atoms with Gasteiger partial charge in [-0.05, 0) is 23.3 Å². The summed E-state index contributed by atoms with van der Waals surface area (Å²) in [4.78, 5) is 0. The van der Waals surface area contributed by atoms with Crippen LogP contribution in [0.2, 0.25) is 0 Å². The molecule has 0 aromatic carbocycles. The number of hydrogen-bond donors (Lipinski definition) is 2. The highest BCUT2D eigenvalue weighted by Crippen LogP contribution is 2.26. The van der Waals surface area contributed by atoms with Gasteiger partial charge in [-0.3, -0.25) is 0 Å². The molecular weight excluding hydrogens is 172 g/mol. The van der Waals surface area contributed by atoms with Crippen LogP contribution < -0.4 is 0 Å². The zero-order valence-electron chi connectivity index (χ0n) is 7.34. The molecule has 2 heteroatoms. The molecule has 11 heavy (non-hydrogen) atoms. The summed E-state index contributed by atoms with van der Waals surface area (Å²) in [5.41, 5.74) is 0.335. The van der Waals surface area contributed by atoms with Crippen molar-refractivity contribution in [1.82, 2.24) is 0 Å². The molecule has 0 bridgehead atoms. The maximum absolute atomic E-state index is 4.32. The Morgan fingerprint density at radius 1 is 1.18 bits per heavy atom. The predicted molar refractivity (Wildman–Crippen MR) is 59.6 cm³/mol. The van der Waals surface area contributed by atoms with Crippen molar-refractivity contribution in [3.63, 3.8) is 0 Å². The Balaban J connectivity index is 3.51. The minimum Gasteiger partial charge on any atom is -0.179 e. The van der Waals surface area contributed by atoms with Crippen molar-refractivity contribution in [2.75, 3.05) is 11.5 Å². The average Bonchev–Trinajstić information content (AvgIpc) is 2.05. The fourth-order valence-electron chi connectivity index (χ4n) is 0.937. The fourth-order valence-corrected chi connectivity index (χ4v) is 1.65. The van der Waals surface area contributed by atoms with E-state index in [9.17, 15) is 0 Å². The van der Waals surface area contributed by atoms with Crippen molar-refractivity contribution in [1.29, 1.82) is 0 Å². The first-order chi connectivity index (χ1) is 5.18. The highest BCUT2D eigenvalue weighted by molar-refractivity contribution is 7.81. The lowest BCUT2D eigenvalue weighted by Crippen LogP contribution is -2.20. The lowest BCUT2D eigenvalue weighted by molar-refractivity contribution is 0.380. The molecule has 67 valence electrons. The van der Waals surface area contributed by atoms with Gasteiger partial charge >= 0.3 is 0 Å². The van der Waals surface area contributed by atoms with Gasteiger partial charge < -0.3 is 0 Å². The summed E-state index contributed by atoms with van der Waals surface area (Å²) < 4.78 is 0. The van der Waals surface area contributed by atoms with Crippen molar-refractivity contribution in [3.8, 4) is 0 Å². The standard InChI is InChI=1S/C9H19S2/c1-3-4-5-6-9(2,7-10)8-11/h10-11H,1,3-8H2,2H3. The van der Waals surface area contributed by atoms with Crippen molar-refractivity contribution in [2.24, 2.45) is 5.41 Å². The van der Waals surface area contributed by atoms with E-state index in [2.05, 4.69) is 39.1 Å². The summed E-state index contributed by atoms with van der Waals surface area (Å²) >= 11 is 8.64. The normalized spacial score (nSPS) is 12.0. The zero-order valence-corrected chi connectivity index (χ0v) is 9.13. The van der Waals surface area contributed by atoms with E-state index >= 15 is 0 Å². The van der Waals surface area contributed by atoms with E-state index in [0.717, 1.165) is 17.9 Å². The largest absolute Gasteiger partial charge is 0.179 e. The summed E-state index contributed by atoms with van der Waals surface area (Å²) in [5, 5.41) is 0. The van der Waals surface area contributed by atoms with Crippen LogP contribution >= 0.6 is 25.3 Å². The van der Waals surface area contributed by atoms with E-state index in [4.69, 9.17) is 0 Å². The maximum atomic E-state index is 4.32. The van der Waals surface area contributed by atoms with Gasteiger partial charge in [0.1, 0.15) is 0 Å². The second kappa shape index (κ2) is 6.24. The Hall–Kier alpha value is 0.700. The van der Waals surface area contributed by atoms with E-state index in [1.54, 1.807) is 0 Å². The summed E-state index contributed by atoms with van der Waals surface area (Å²) in [5.74, 6) is 1.88. The van der Waals surface area contributed by atoms with Gasteiger partial charge in [0.15, 0.2) is 0 Å². The van der Waals surface area contributed by atoms with Crippen molar-refractivity contribution >= 4 is 25.3 Å². The minimum atomic E-state index is 0.335. The summed E-state index contributed by atoms with van der Waals surface area (Å²) in [6.45, 7) is 6.06. The van der Waals surface area contributed by atoms with Crippen molar-refractivity contribution in [2.45, 2.75) is 32.6 Å². The summed E-state index contributed by atoms with van der Waals surface area (Å²) in [7, 11) is 0. The number of hydrogen-bond acceptors (Lipinski definition) is 2. The molecule has 0 spiro atoms. The monoisotopic (exact) mass is 191 g/mol. The molecule has 0 amide bonds. The fraction of sp³-hybridized carbons (Fsp3) is 0.889. The Bertz CT molecular complexity index is 87.6. The predicted octanol–water partition coefficient (Wildman–Crippen LogP) is 3.25. The zero-order chi connectivity index (χ0) is 8.74. The molecule has 0 atom stereocenters. The van der Waals surface area contributed by atoms with Crippen LogP contribution in [0.1, 0.15) is 32.6 Å². The van der Waals surface area contributed by atoms with Crippen LogP contribution in [-0.4, -0.2) is 11.5 Å². The molecule has 0 aromatic heterocycles. The van der Waals surface area contributed by atoms with E-state index in [0.29, 0.717) is 5.41 Å². The molecule has 0 N–H and O–H groups in total. The third-order valence-electron chi connectivity index (χ3n) is 2.04. The molecule has 0 aromatic rings. The lowest BCUT2D eigenvalue weighted by atomic mass is 9.89. The molecule has 0 rings (SSSR count). The van der Waals surface area contributed by atoms with E-state index in [1.807, 2.05) is 0 Å². The van der Waals surface area contributed by atoms with Gasteiger partial charge in [0.05, 0.1) is 0 Å². The van der Waals surface area contributed by atoms with Gasteiger partial charge in [-0.1, -0.05) is 33.1 Å². The molecule has 0 fully saturated rings. The van der Waals surface area contributed by atoms with Gasteiger partial charge in [-0.15, -0.1) is 0 Å². The van der Waals surface area contributed by atoms with Gasteiger partial charge in [0.2, 0.25) is 0 Å². The van der Waals surface area contributed by atoms with Gasteiger partial charge in [-0.25, -0.2) is 0 Å². The second-order valence-electron chi connectivity index (χ2n) is 3.44. The maximum Gasteiger partial charge on any atom is -0.00360 e. The molecule has 0 aliphatic rings. The van der Waals surface area contributed by atoms with Crippen LogP contribution in [0.25, 0.3) is 0 Å². The van der Waals surface area contributed by atoms with Gasteiger partial charge in [0.25, 0.3) is 0 Å². The first-order valence-electron chi connectivity index (χ1n) is 4.19.